The lowest BCUT2D eigenvalue weighted by atomic mass is 9.77. The minimum absolute atomic E-state index is 0.166. The highest BCUT2D eigenvalue weighted by molar-refractivity contribution is 5.30. The first-order valence-corrected chi connectivity index (χ1v) is 9.25. The quantitative estimate of drug-likeness (QED) is 0.668. The standard InChI is InChI=1S/C20H32O3/c1-2-3-4-5-16-6-8-17(9-7-16)18-10-12-19(13-11-18)23-20(14-21)15-22/h10-13,16-17,20-22H,2-9,14-15H2,1H3. The van der Waals surface area contributed by atoms with Crippen molar-refractivity contribution in [3.8, 4) is 5.75 Å². The summed E-state index contributed by atoms with van der Waals surface area (Å²) >= 11 is 0. The fourth-order valence-electron chi connectivity index (χ4n) is 3.61. The summed E-state index contributed by atoms with van der Waals surface area (Å²) in [6, 6.07) is 8.20. The topological polar surface area (TPSA) is 49.7 Å². The summed E-state index contributed by atoms with van der Waals surface area (Å²) in [4.78, 5) is 0. The van der Waals surface area contributed by atoms with E-state index in [1.165, 1.54) is 56.9 Å². The minimum Gasteiger partial charge on any atom is -0.486 e. The first-order chi connectivity index (χ1) is 11.3. The Morgan fingerprint density at radius 1 is 1.00 bits per heavy atom. The number of benzene rings is 1. The van der Waals surface area contributed by atoms with E-state index in [0.29, 0.717) is 5.92 Å². The molecule has 3 nitrogen and oxygen atoms in total. The summed E-state index contributed by atoms with van der Waals surface area (Å²) in [6.07, 6.45) is 10.3. The van der Waals surface area contributed by atoms with Crippen molar-refractivity contribution in [2.45, 2.75) is 70.3 Å². The zero-order valence-electron chi connectivity index (χ0n) is 14.4. The molecule has 0 amide bonds. The summed E-state index contributed by atoms with van der Waals surface area (Å²) in [5.41, 5.74) is 1.40. The molecule has 3 heteroatoms. The molecule has 0 saturated heterocycles. The van der Waals surface area contributed by atoms with Gasteiger partial charge in [-0.15, -0.1) is 0 Å². The summed E-state index contributed by atoms with van der Waals surface area (Å²) in [6.45, 7) is 1.94. The normalized spacial score (nSPS) is 21.6. The molecular weight excluding hydrogens is 288 g/mol. The maximum absolute atomic E-state index is 9.06. The van der Waals surface area contributed by atoms with E-state index in [1.54, 1.807) is 0 Å². The van der Waals surface area contributed by atoms with Gasteiger partial charge in [0.05, 0.1) is 13.2 Å². The number of rotatable bonds is 9. The van der Waals surface area contributed by atoms with Crippen molar-refractivity contribution in [2.24, 2.45) is 5.92 Å². The van der Waals surface area contributed by atoms with Crippen molar-refractivity contribution in [3.05, 3.63) is 29.8 Å². The van der Waals surface area contributed by atoms with Crippen LogP contribution >= 0.6 is 0 Å². The third kappa shape index (κ3) is 5.82. The summed E-state index contributed by atoms with van der Waals surface area (Å²) in [5.74, 6) is 2.34. The zero-order chi connectivity index (χ0) is 16.5. The highest BCUT2D eigenvalue weighted by Gasteiger charge is 2.22. The van der Waals surface area contributed by atoms with Gasteiger partial charge >= 0.3 is 0 Å². The Labute approximate surface area is 140 Å². The number of hydrogen-bond donors (Lipinski definition) is 2. The third-order valence-electron chi connectivity index (χ3n) is 5.12. The molecule has 1 aromatic carbocycles. The van der Waals surface area contributed by atoms with Crippen molar-refractivity contribution < 1.29 is 14.9 Å². The minimum atomic E-state index is -0.528. The fraction of sp³-hybridized carbons (Fsp3) is 0.700. The third-order valence-corrected chi connectivity index (χ3v) is 5.12. The van der Waals surface area contributed by atoms with Crippen LogP contribution in [0.1, 0.15) is 69.8 Å². The molecule has 0 radical (unpaired) electrons. The van der Waals surface area contributed by atoms with Gasteiger partial charge in [0.1, 0.15) is 11.9 Å². The van der Waals surface area contributed by atoms with Crippen molar-refractivity contribution in [2.75, 3.05) is 13.2 Å². The van der Waals surface area contributed by atoms with E-state index in [-0.39, 0.29) is 13.2 Å². The van der Waals surface area contributed by atoms with Crippen molar-refractivity contribution in [1.82, 2.24) is 0 Å². The summed E-state index contributed by atoms with van der Waals surface area (Å²) < 4.78 is 5.53. The largest absolute Gasteiger partial charge is 0.486 e. The smallest absolute Gasteiger partial charge is 0.145 e. The van der Waals surface area contributed by atoms with Gasteiger partial charge in [-0.1, -0.05) is 44.7 Å². The van der Waals surface area contributed by atoms with Gasteiger partial charge in [-0.25, -0.2) is 0 Å². The van der Waals surface area contributed by atoms with Gasteiger partial charge in [-0.2, -0.15) is 0 Å². The van der Waals surface area contributed by atoms with E-state index in [9.17, 15) is 0 Å². The molecule has 0 spiro atoms. The Bertz CT molecular complexity index is 417. The maximum atomic E-state index is 9.06. The molecule has 1 aromatic rings. The predicted molar refractivity (Wildman–Crippen MR) is 93.9 cm³/mol. The van der Waals surface area contributed by atoms with Gasteiger partial charge in [0.15, 0.2) is 0 Å². The van der Waals surface area contributed by atoms with Crippen molar-refractivity contribution in [3.63, 3.8) is 0 Å². The average Bonchev–Trinajstić information content (AvgIpc) is 2.61. The Hall–Kier alpha value is -1.06. The zero-order valence-corrected chi connectivity index (χ0v) is 14.4. The molecule has 0 aliphatic heterocycles. The van der Waals surface area contributed by atoms with E-state index in [4.69, 9.17) is 14.9 Å². The SMILES string of the molecule is CCCCCC1CCC(c2ccc(OC(CO)CO)cc2)CC1. The lowest BCUT2D eigenvalue weighted by Crippen LogP contribution is -2.25. The Morgan fingerprint density at radius 3 is 2.22 bits per heavy atom. The van der Waals surface area contributed by atoms with E-state index >= 15 is 0 Å². The van der Waals surface area contributed by atoms with Gasteiger partial charge in [0.25, 0.3) is 0 Å². The predicted octanol–water partition coefficient (Wildman–Crippen LogP) is 4.27. The number of hydrogen-bond acceptors (Lipinski definition) is 3. The average molecular weight is 320 g/mol. The molecule has 2 rings (SSSR count). The van der Waals surface area contributed by atoms with Gasteiger partial charge in [0, 0.05) is 0 Å². The van der Waals surface area contributed by atoms with Crippen LogP contribution in [0.25, 0.3) is 0 Å². The Morgan fingerprint density at radius 2 is 1.65 bits per heavy atom. The highest BCUT2D eigenvalue weighted by atomic mass is 16.5. The van der Waals surface area contributed by atoms with Gasteiger partial charge in [-0.05, 0) is 55.2 Å². The molecule has 1 fully saturated rings. The number of unbranched alkanes of at least 4 members (excludes halogenated alkanes) is 2. The van der Waals surface area contributed by atoms with Gasteiger partial charge in [0.2, 0.25) is 0 Å². The second-order valence-corrected chi connectivity index (χ2v) is 6.89. The molecule has 1 saturated carbocycles. The molecule has 0 heterocycles. The molecule has 0 aromatic heterocycles. The lowest BCUT2D eigenvalue weighted by molar-refractivity contribution is 0.0629. The molecule has 0 bridgehead atoms. The molecule has 1 aliphatic rings. The van der Waals surface area contributed by atoms with Crippen LogP contribution in [0.4, 0.5) is 0 Å². The number of aliphatic hydroxyl groups is 2. The lowest BCUT2D eigenvalue weighted by Gasteiger charge is -2.29. The van der Waals surface area contributed by atoms with E-state index in [1.807, 2.05) is 12.1 Å². The van der Waals surface area contributed by atoms with Crippen LogP contribution in [-0.4, -0.2) is 29.5 Å². The van der Waals surface area contributed by atoms with Crippen LogP contribution in [0.15, 0.2) is 24.3 Å². The molecular formula is C20H32O3. The maximum Gasteiger partial charge on any atom is 0.145 e. The van der Waals surface area contributed by atoms with E-state index in [0.717, 1.165) is 11.7 Å². The molecule has 2 N–H and O–H groups in total. The van der Waals surface area contributed by atoms with Crippen LogP contribution in [0.3, 0.4) is 0 Å². The van der Waals surface area contributed by atoms with Gasteiger partial charge < -0.3 is 14.9 Å². The monoisotopic (exact) mass is 320 g/mol. The second kappa shape index (κ2) is 9.94. The first-order valence-electron chi connectivity index (χ1n) is 9.25. The molecule has 1 aliphatic carbocycles. The molecule has 0 atom stereocenters. The molecule has 0 unspecified atom stereocenters. The van der Waals surface area contributed by atoms with Crippen molar-refractivity contribution in [1.29, 1.82) is 0 Å². The van der Waals surface area contributed by atoms with Crippen LogP contribution in [0.2, 0.25) is 0 Å². The number of aliphatic hydroxyl groups excluding tert-OH is 2. The number of ether oxygens (including phenoxy) is 1. The van der Waals surface area contributed by atoms with Crippen LogP contribution < -0.4 is 4.74 Å². The second-order valence-electron chi connectivity index (χ2n) is 6.89. The molecule has 130 valence electrons. The van der Waals surface area contributed by atoms with Crippen molar-refractivity contribution >= 4 is 0 Å². The van der Waals surface area contributed by atoms with E-state index in [2.05, 4.69) is 19.1 Å². The van der Waals surface area contributed by atoms with Crippen LogP contribution in [0.5, 0.6) is 5.75 Å². The van der Waals surface area contributed by atoms with Crippen LogP contribution in [-0.2, 0) is 0 Å². The Kier molecular flexibility index (Phi) is 7.90. The highest BCUT2D eigenvalue weighted by Crippen LogP contribution is 2.38. The van der Waals surface area contributed by atoms with Gasteiger partial charge in [-0.3, -0.25) is 0 Å². The van der Waals surface area contributed by atoms with Crippen LogP contribution in [0, 0.1) is 5.92 Å². The fourth-order valence-corrected chi connectivity index (χ4v) is 3.61. The summed E-state index contributed by atoms with van der Waals surface area (Å²) in [5, 5.41) is 18.1. The van der Waals surface area contributed by atoms with E-state index < -0.39 is 6.10 Å². The first kappa shape index (κ1) is 18.3. The summed E-state index contributed by atoms with van der Waals surface area (Å²) in [7, 11) is 0. The Balaban J connectivity index is 1.79. The molecule has 23 heavy (non-hydrogen) atoms.